The third-order valence-corrected chi connectivity index (χ3v) is 1.85. The molecule has 1 aromatic heterocycles. The zero-order valence-corrected chi connectivity index (χ0v) is 6.57. The van der Waals surface area contributed by atoms with Gasteiger partial charge in [0.2, 0.25) is 5.91 Å². The summed E-state index contributed by atoms with van der Waals surface area (Å²) in [4.78, 5) is 25.5. The molecule has 66 valence electrons. The fraction of sp³-hybridized carbons (Fsp3) is 0.125. The van der Waals surface area contributed by atoms with Gasteiger partial charge in [0.25, 0.3) is 0 Å². The molecule has 0 aromatic carbocycles. The van der Waals surface area contributed by atoms with Crippen molar-refractivity contribution in [3.63, 3.8) is 0 Å². The molecule has 0 atom stereocenters. The lowest BCUT2D eigenvalue weighted by atomic mass is 10.2. The number of aromatic nitrogens is 1. The van der Waals surface area contributed by atoms with E-state index in [9.17, 15) is 9.59 Å². The van der Waals surface area contributed by atoms with Gasteiger partial charge in [0.1, 0.15) is 0 Å². The summed E-state index contributed by atoms with van der Waals surface area (Å²) in [5.41, 5.74) is 0.931. The van der Waals surface area contributed by atoms with Gasteiger partial charge < -0.3 is 10.4 Å². The van der Waals surface area contributed by atoms with Crippen molar-refractivity contribution in [2.45, 2.75) is 6.42 Å². The van der Waals surface area contributed by atoms with Crippen LogP contribution in [0.25, 0.3) is 0 Å². The number of rotatable bonds is 1. The minimum Gasteiger partial charge on any atom is -0.478 e. The lowest BCUT2D eigenvalue weighted by Gasteiger charge is -2.01. The lowest BCUT2D eigenvalue weighted by molar-refractivity contribution is -0.115. The highest BCUT2D eigenvalue weighted by Crippen LogP contribution is 2.24. The lowest BCUT2D eigenvalue weighted by Crippen LogP contribution is -2.07. The fourth-order valence-corrected chi connectivity index (χ4v) is 1.29. The number of carbonyl (C=O) groups is 2. The molecule has 1 amide bonds. The highest BCUT2D eigenvalue weighted by Gasteiger charge is 2.24. The van der Waals surface area contributed by atoms with Crippen LogP contribution in [0.4, 0.5) is 5.69 Å². The highest BCUT2D eigenvalue weighted by molar-refractivity contribution is 6.05. The number of fused-ring (bicyclic) bond motifs is 1. The molecule has 0 unspecified atom stereocenters. The van der Waals surface area contributed by atoms with Crippen molar-refractivity contribution in [3.05, 3.63) is 23.5 Å². The van der Waals surface area contributed by atoms with Crippen molar-refractivity contribution in [2.24, 2.45) is 0 Å². The summed E-state index contributed by atoms with van der Waals surface area (Å²) in [6.07, 6.45) is 1.55. The Kier molecular flexibility index (Phi) is 1.51. The predicted octanol–water partition coefficient (Wildman–Crippen LogP) is 0.274. The van der Waals surface area contributed by atoms with Gasteiger partial charge in [-0.1, -0.05) is 0 Å². The summed E-state index contributed by atoms with van der Waals surface area (Å²) >= 11 is 0. The Labute approximate surface area is 73.4 Å². The monoisotopic (exact) mass is 178 g/mol. The van der Waals surface area contributed by atoms with E-state index in [0.29, 0.717) is 11.4 Å². The first-order valence-corrected chi connectivity index (χ1v) is 3.69. The summed E-state index contributed by atoms with van der Waals surface area (Å²) < 4.78 is 0. The second-order valence-electron chi connectivity index (χ2n) is 2.71. The molecule has 0 bridgehead atoms. The van der Waals surface area contributed by atoms with E-state index in [0.717, 1.165) is 0 Å². The maximum Gasteiger partial charge on any atom is 0.337 e. The normalized spacial score (nSPS) is 13.7. The average Bonchev–Trinajstić information content (AvgIpc) is 2.43. The van der Waals surface area contributed by atoms with Crippen LogP contribution in [0.5, 0.6) is 0 Å². The Morgan fingerprint density at radius 3 is 3.08 bits per heavy atom. The van der Waals surface area contributed by atoms with Crippen LogP contribution in [-0.4, -0.2) is 22.0 Å². The Balaban J connectivity index is 2.57. The van der Waals surface area contributed by atoms with Crippen LogP contribution in [0.3, 0.4) is 0 Å². The molecule has 2 heterocycles. The topological polar surface area (TPSA) is 79.3 Å². The van der Waals surface area contributed by atoms with Gasteiger partial charge in [0.15, 0.2) is 0 Å². The quantitative estimate of drug-likeness (QED) is 0.647. The van der Waals surface area contributed by atoms with E-state index in [-0.39, 0.29) is 17.9 Å². The van der Waals surface area contributed by atoms with Gasteiger partial charge in [-0.3, -0.25) is 9.78 Å². The first kappa shape index (κ1) is 7.72. The number of carbonyl (C=O) groups excluding carboxylic acids is 1. The molecule has 0 spiro atoms. The zero-order chi connectivity index (χ0) is 9.42. The molecule has 5 nitrogen and oxygen atoms in total. The first-order valence-electron chi connectivity index (χ1n) is 3.69. The van der Waals surface area contributed by atoms with Gasteiger partial charge in [0.05, 0.1) is 23.4 Å². The summed E-state index contributed by atoms with van der Waals surface area (Å²) in [5.74, 6) is -1.27. The molecule has 0 saturated carbocycles. The van der Waals surface area contributed by atoms with Crippen molar-refractivity contribution in [1.82, 2.24) is 4.98 Å². The first-order chi connectivity index (χ1) is 6.18. The second kappa shape index (κ2) is 2.55. The molecule has 0 saturated heterocycles. The highest BCUT2D eigenvalue weighted by atomic mass is 16.4. The van der Waals surface area contributed by atoms with Crippen molar-refractivity contribution >= 4 is 17.6 Å². The van der Waals surface area contributed by atoms with Gasteiger partial charge in [0, 0.05) is 6.20 Å². The Hall–Kier alpha value is -1.91. The molecule has 1 aliphatic rings. The van der Waals surface area contributed by atoms with Crippen LogP contribution < -0.4 is 5.32 Å². The third-order valence-electron chi connectivity index (χ3n) is 1.85. The number of hydrogen-bond acceptors (Lipinski definition) is 3. The molecule has 2 rings (SSSR count). The minimum atomic E-state index is -1.05. The van der Waals surface area contributed by atoms with E-state index >= 15 is 0 Å². The Bertz CT molecular complexity index is 400. The standard InChI is InChI=1S/C8H6N2O3/c11-6-3-5-7(10-6)4(8(12)13)1-2-9-5/h1-2H,3H2,(H,10,11)(H,12,13). The molecule has 5 heteroatoms. The van der Waals surface area contributed by atoms with Crippen molar-refractivity contribution in [2.75, 3.05) is 5.32 Å². The second-order valence-corrected chi connectivity index (χ2v) is 2.71. The average molecular weight is 178 g/mol. The number of aromatic carboxylic acids is 1. The van der Waals surface area contributed by atoms with Crippen LogP contribution in [0, 0.1) is 0 Å². The number of hydrogen-bond donors (Lipinski definition) is 2. The van der Waals surface area contributed by atoms with Gasteiger partial charge in [-0.05, 0) is 6.07 Å². The molecule has 0 fully saturated rings. The summed E-state index contributed by atoms with van der Waals surface area (Å²) in [5, 5.41) is 11.2. The van der Waals surface area contributed by atoms with Crippen LogP contribution >= 0.6 is 0 Å². The number of pyridine rings is 1. The number of anilines is 1. The SMILES string of the molecule is O=C1Cc2nccc(C(=O)O)c2N1. The van der Waals surface area contributed by atoms with Gasteiger partial charge >= 0.3 is 5.97 Å². The number of carboxylic acids is 1. The number of carboxylic acid groups (broad SMARTS) is 1. The molecular weight excluding hydrogens is 172 g/mol. The Morgan fingerprint density at radius 1 is 1.62 bits per heavy atom. The molecule has 0 radical (unpaired) electrons. The predicted molar refractivity (Wildman–Crippen MR) is 43.5 cm³/mol. The van der Waals surface area contributed by atoms with Crippen molar-refractivity contribution in [3.8, 4) is 0 Å². The molecule has 2 N–H and O–H groups in total. The molecule has 13 heavy (non-hydrogen) atoms. The zero-order valence-electron chi connectivity index (χ0n) is 6.57. The van der Waals surface area contributed by atoms with Gasteiger partial charge in [-0.2, -0.15) is 0 Å². The summed E-state index contributed by atoms with van der Waals surface area (Å²) in [7, 11) is 0. The molecule has 0 aliphatic carbocycles. The number of nitrogens with zero attached hydrogens (tertiary/aromatic N) is 1. The van der Waals surface area contributed by atoms with Crippen LogP contribution in [0.2, 0.25) is 0 Å². The van der Waals surface area contributed by atoms with Crippen LogP contribution in [0.15, 0.2) is 12.3 Å². The molecule has 1 aliphatic heterocycles. The maximum atomic E-state index is 10.9. The van der Waals surface area contributed by atoms with Gasteiger partial charge in [-0.25, -0.2) is 4.79 Å². The smallest absolute Gasteiger partial charge is 0.337 e. The minimum absolute atomic E-state index is 0.0934. The summed E-state index contributed by atoms with van der Waals surface area (Å²) in [6.45, 7) is 0. The number of nitrogens with one attached hydrogen (secondary N) is 1. The van der Waals surface area contributed by atoms with E-state index < -0.39 is 5.97 Å². The largest absolute Gasteiger partial charge is 0.478 e. The molecular formula is C8H6N2O3. The van der Waals surface area contributed by atoms with E-state index in [1.54, 1.807) is 0 Å². The Morgan fingerprint density at radius 2 is 2.38 bits per heavy atom. The maximum absolute atomic E-state index is 10.9. The fourth-order valence-electron chi connectivity index (χ4n) is 1.29. The van der Waals surface area contributed by atoms with Gasteiger partial charge in [-0.15, -0.1) is 0 Å². The van der Waals surface area contributed by atoms with Crippen molar-refractivity contribution < 1.29 is 14.7 Å². The van der Waals surface area contributed by atoms with E-state index in [1.807, 2.05) is 0 Å². The summed E-state index contributed by atoms with van der Waals surface area (Å²) in [6, 6.07) is 1.37. The van der Waals surface area contributed by atoms with Crippen molar-refractivity contribution in [1.29, 1.82) is 0 Å². The number of amides is 1. The third kappa shape index (κ3) is 1.14. The van der Waals surface area contributed by atoms with Crippen LogP contribution in [0.1, 0.15) is 16.1 Å². The van der Waals surface area contributed by atoms with E-state index in [2.05, 4.69) is 10.3 Å². The van der Waals surface area contributed by atoms with E-state index in [4.69, 9.17) is 5.11 Å². The van der Waals surface area contributed by atoms with E-state index in [1.165, 1.54) is 12.3 Å². The molecule has 1 aromatic rings. The van der Waals surface area contributed by atoms with Crippen LogP contribution in [-0.2, 0) is 11.2 Å².